The second-order valence-electron chi connectivity index (χ2n) is 3.14. The summed E-state index contributed by atoms with van der Waals surface area (Å²) in [7, 11) is 3.43. The molecule has 1 atom stereocenters. The zero-order valence-corrected chi connectivity index (χ0v) is 8.75. The maximum atomic E-state index is 10.8. The molecule has 0 saturated heterocycles. The molecule has 0 bridgehead atoms. The third kappa shape index (κ3) is 5.42. The fourth-order valence-electron chi connectivity index (χ4n) is 0.958. The Morgan fingerprint density at radius 2 is 2.31 bits per heavy atom. The molecular weight excluding hydrogens is 166 g/mol. The first kappa shape index (κ1) is 12.2. The number of methoxy groups -OCH3 is 1. The Balaban J connectivity index is 3.52. The lowest BCUT2D eigenvalue weighted by molar-refractivity contribution is -0.140. The van der Waals surface area contributed by atoms with Crippen molar-refractivity contribution in [1.82, 2.24) is 4.90 Å². The topological polar surface area (TPSA) is 29.5 Å². The molecule has 0 aromatic heterocycles. The highest BCUT2D eigenvalue weighted by Crippen LogP contribution is 2.00. The van der Waals surface area contributed by atoms with Gasteiger partial charge in [-0.2, -0.15) is 0 Å². The molecule has 0 spiro atoms. The van der Waals surface area contributed by atoms with Gasteiger partial charge in [-0.05, 0) is 26.9 Å². The van der Waals surface area contributed by atoms with Gasteiger partial charge in [-0.15, -0.1) is 6.58 Å². The van der Waals surface area contributed by atoms with Crippen LogP contribution in [0.25, 0.3) is 0 Å². The molecule has 0 radical (unpaired) electrons. The van der Waals surface area contributed by atoms with Crippen LogP contribution in [0.1, 0.15) is 19.8 Å². The number of carbonyl (C=O) groups is 1. The SMILES string of the molecule is C=CC(C)N(C)CCCC(=O)OC. The lowest BCUT2D eigenvalue weighted by Crippen LogP contribution is -2.28. The summed E-state index contributed by atoms with van der Waals surface area (Å²) < 4.78 is 4.54. The first-order valence-electron chi connectivity index (χ1n) is 4.51. The smallest absolute Gasteiger partial charge is 0.305 e. The minimum absolute atomic E-state index is 0.139. The van der Waals surface area contributed by atoms with Gasteiger partial charge in [0.1, 0.15) is 0 Å². The minimum atomic E-state index is -0.139. The third-order valence-corrected chi connectivity index (χ3v) is 2.16. The highest BCUT2D eigenvalue weighted by molar-refractivity contribution is 5.69. The van der Waals surface area contributed by atoms with E-state index in [9.17, 15) is 4.79 Å². The Morgan fingerprint density at radius 3 is 2.77 bits per heavy atom. The van der Waals surface area contributed by atoms with Gasteiger partial charge in [0.2, 0.25) is 0 Å². The molecule has 0 heterocycles. The molecule has 0 N–H and O–H groups in total. The van der Waals surface area contributed by atoms with Gasteiger partial charge in [0.05, 0.1) is 7.11 Å². The van der Waals surface area contributed by atoms with E-state index in [4.69, 9.17) is 0 Å². The predicted octanol–water partition coefficient (Wildman–Crippen LogP) is 1.45. The van der Waals surface area contributed by atoms with Crippen LogP contribution in [0, 0.1) is 0 Å². The average molecular weight is 185 g/mol. The summed E-state index contributed by atoms with van der Waals surface area (Å²) in [6.07, 6.45) is 3.21. The van der Waals surface area contributed by atoms with Crippen LogP contribution in [0.5, 0.6) is 0 Å². The van der Waals surface area contributed by atoms with E-state index in [1.54, 1.807) is 0 Å². The highest BCUT2D eigenvalue weighted by atomic mass is 16.5. The van der Waals surface area contributed by atoms with Crippen molar-refractivity contribution in [2.45, 2.75) is 25.8 Å². The normalized spacial score (nSPS) is 12.6. The molecular formula is C10H19NO2. The Bertz CT molecular complexity index is 168. The van der Waals surface area contributed by atoms with Gasteiger partial charge >= 0.3 is 5.97 Å². The van der Waals surface area contributed by atoms with Crippen LogP contribution in [0.3, 0.4) is 0 Å². The lowest BCUT2D eigenvalue weighted by Gasteiger charge is -2.20. The fourth-order valence-corrected chi connectivity index (χ4v) is 0.958. The summed E-state index contributed by atoms with van der Waals surface area (Å²) in [5.74, 6) is -0.139. The molecule has 0 saturated carbocycles. The second kappa shape index (κ2) is 6.66. The Labute approximate surface area is 80.4 Å². The molecule has 0 aliphatic carbocycles. The number of rotatable bonds is 6. The van der Waals surface area contributed by atoms with Gasteiger partial charge in [-0.25, -0.2) is 0 Å². The summed E-state index contributed by atoms with van der Waals surface area (Å²) in [5.41, 5.74) is 0. The van der Waals surface area contributed by atoms with Crippen molar-refractivity contribution in [2.24, 2.45) is 0 Å². The minimum Gasteiger partial charge on any atom is -0.469 e. The number of likely N-dealkylation sites (N-methyl/N-ethyl adjacent to an activating group) is 1. The molecule has 3 nitrogen and oxygen atoms in total. The maximum Gasteiger partial charge on any atom is 0.305 e. The van der Waals surface area contributed by atoms with Crippen molar-refractivity contribution in [3.05, 3.63) is 12.7 Å². The second-order valence-corrected chi connectivity index (χ2v) is 3.14. The van der Waals surface area contributed by atoms with Crippen molar-refractivity contribution >= 4 is 5.97 Å². The fraction of sp³-hybridized carbons (Fsp3) is 0.700. The zero-order chi connectivity index (χ0) is 10.3. The summed E-state index contributed by atoms with van der Waals surface area (Å²) >= 11 is 0. The van der Waals surface area contributed by atoms with Crippen LogP contribution in [-0.2, 0) is 9.53 Å². The summed E-state index contributed by atoms with van der Waals surface area (Å²) in [5, 5.41) is 0. The van der Waals surface area contributed by atoms with E-state index in [0.29, 0.717) is 12.5 Å². The molecule has 0 amide bonds. The van der Waals surface area contributed by atoms with E-state index in [-0.39, 0.29) is 5.97 Å². The Hall–Kier alpha value is -0.830. The third-order valence-electron chi connectivity index (χ3n) is 2.16. The number of ether oxygens (including phenoxy) is 1. The Morgan fingerprint density at radius 1 is 1.69 bits per heavy atom. The maximum absolute atomic E-state index is 10.8. The largest absolute Gasteiger partial charge is 0.469 e. The van der Waals surface area contributed by atoms with E-state index in [2.05, 4.69) is 23.1 Å². The molecule has 0 rings (SSSR count). The van der Waals surface area contributed by atoms with Crippen LogP contribution in [0.4, 0.5) is 0 Å². The highest BCUT2D eigenvalue weighted by Gasteiger charge is 2.05. The number of carbonyl (C=O) groups excluding carboxylic acids is 1. The molecule has 3 heteroatoms. The van der Waals surface area contributed by atoms with E-state index < -0.39 is 0 Å². The molecule has 0 aliphatic rings. The van der Waals surface area contributed by atoms with Crippen molar-refractivity contribution in [3.8, 4) is 0 Å². The first-order valence-corrected chi connectivity index (χ1v) is 4.51. The van der Waals surface area contributed by atoms with Crippen LogP contribution in [-0.4, -0.2) is 37.6 Å². The van der Waals surface area contributed by atoms with Gasteiger partial charge in [0, 0.05) is 12.5 Å². The van der Waals surface area contributed by atoms with Crippen molar-refractivity contribution in [3.63, 3.8) is 0 Å². The lowest BCUT2D eigenvalue weighted by atomic mass is 10.2. The standard InChI is InChI=1S/C10H19NO2/c1-5-9(2)11(3)8-6-7-10(12)13-4/h5,9H,1,6-8H2,2-4H3. The van der Waals surface area contributed by atoms with Crippen LogP contribution in [0.15, 0.2) is 12.7 Å². The average Bonchev–Trinajstić information content (AvgIpc) is 2.15. The van der Waals surface area contributed by atoms with Gasteiger partial charge in [0.15, 0.2) is 0 Å². The Kier molecular flexibility index (Phi) is 6.24. The number of nitrogens with zero attached hydrogens (tertiary/aromatic N) is 1. The van der Waals surface area contributed by atoms with Crippen LogP contribution < -0.4 is 0 Å². The quantitative estimate of drug-likeness (QED) is 0.463. The van der Waals surface area contributed by atoms with E-state index in [1.807, 2.05) is 13.1 Å². The van der Waals surface area contributed by atoms with E-state index in [1.165, 1.54) is 7.11 Å². The molecule has 0 aromatic rings. The zero-order valence-electron chi connectivity index (χ0n) is 8.75. The van der Waals surface area contributed by atoms with Gasteiger partial charge in [-0.3, -0.25) is 4.79 Å². The number of hydrogen-bond donors (Lipinski definition) is 0. The summed E-state index contributed by atoms with van der Waals surface area (Å²) in [6.45, 7) is 6.67. The molecule has 0 aliphatic heterocycles. The van der Waals surface area contributed by atoms with Gasteiger partial charge < -0.3 is 9.64 Å². The monoisotopic (exact) mass is 185 g/mol. The summed E-state index contributed by atoms with van der Waals surface area (Å²) in [4.78, 5) is 12.9. The first-order chi connectivity index (χ1) is 6.11. The molecule has 13 heavy (non-hydrogen) atoms. The number of hydrogen-bond acceptors (Lipinski definition) is 3. The predicted molar refractivity (Wildman–Crippen MR) is 53.5 cm³/mol. The van der Waals surface area contributed by atoms with Crippen molar-refractivity contribution in [2.75, 3.05) is 20.7 Å². The van der Waals surface area contributed by atoms with Crippen molar-refractivity contribution < 1.29 is 9.53 Å². The van der Waals surface area contributed by atoms with E-state index >= 15 is 0 Å². The van der Waals surface area contributed by atoms with Gasteiger partial charge in [0.25, 0.3) is 0 Å². The van der Waals surface area contributed by atoms with Crippen LogP contribution in [0.2, 0.25) is 0 Å². The molecule has 1 unspecified atom stereocenters. The molecule has 0 fully saturated rings. The van der Waals surface area contributed by atoms with Crippen LogP contribution >= 0.6 is 0 Å². The molecule has 76 valence electrons. The number of esters is 1. The van der Waals surface area contributed by atoms with Crippen molar-refractivity contribution in [1.29, 1.82) is 0 Å². The molecule has 0 aromatic carbocycles. The van der Waals surface area contributed by atoms with Gasteiger partial charge in [-0.1, -0.05) is 6.08 Å². The van der Waals surface area contributed by atoms with E-state index in [0.717, 1.165) is 13.0 Å². The summed E-state index contributed by atoms with van der Waals surface area (Å²) in [6, 6.07) is 0.359.